The molecule has 0 aliphatic heterocycles. The SMILES string of the molecule is Cc1cccc(NC(=O)CNCc2cnn(C)c2)c1. The zero-order chi connectivity index (χ0) is 13.7. The lowest BCUT2D eigenvalue weighted by molar-refractivity contribution is -0.115. The molecule has 0 radical (unpaired) electrons. The van der Waals surface area contributed by atoms with E-state index in [1.54, 1.807) is 10.9 Å². The molecule has 5 heteroatoms. The zero-order valence-electron chi connectivity index (χ0n) is 11.2. The third-order valence-electron chi connectivity index (χ3n) is 2.67. The smallest absolute Gasteiger partial charge is 0.238 e. The van der Waals surface area contributed by atoms with Gasteiger partial charge < -0.3 is 10.6 Å². The van der Waals surface area contributed by atoms with E-state index in [-0.39, 0.29) is 12.5 Å². The minimum atomic E-state index is -0.0468. The molecule has 1 aromatic heterocycles. The van der Waals surface area contributed by atoms with Gasteiger partial charge in [0.25, 0.3) is 0 Å². The molecule has 0 saturated carbocycles. The predicted octanol–water partition coefficient (Wildman–Crippen LogP) is 1.46. The molecule has 0 aliphatic carbocycles. The van der Waals surface area contributed by atoms with Crippen LogP contribution in [-0.2, 0) is 18.4 Å². The van der Waals surface area contributed by atoms with Gasteiger partial charge in [-0.1, -0.05) is 12.1 Å². The Balaban J connectivity index is 1.76. The van der Waals surface area contributed by atoms with E-state index in [2.05, 4.69) is 15.7 Å². The second kappa shape index (κ2) is 6.15. The van der Waals surface area contributed by atoms with E-state index in [4.69, 9.17) is 0 Å². The zero-order valence-corrected chi connectivity index (χ0v) is 11.2. The monoisotopic (exact) mass is 258 g/mol. The second-order valence-electron chi connectivity index (χ2n) is 4.54. The molecule has 2 N–H and O–H groups in total. The first-order chi connectivity index (χ1) is 9.13. The van der Waals surface area contributed by atoms with Crippen molar-refractivity contribution in [3.63, 3.8) is 0 Å². The van der Waals surface area contributed by atoms with Gasteiger partial charge in [-0.2, -0.15) is 5.10 Å². The molecule has 5 nitrogen and oxygen atoms in total. The van der Waals surface area contributed by atoms with Gasteiger partial charge in [-0.25, -0.2) is 0 Å². The third-order valence-corrected chi connectivity index (χ3v) is 2.67. The number of aryl methyl sites for hydroxylation is 2. The van der Waals surface area contributed by atoms with Gasteiger partial charge in [0.05, 0.1) is 12.7 Å². The highest BCUT2D eigenvalue weighted by atomic mass is 16.1. The highest BCUT2D eigenvalue weighted by molar-refractivity contribution is 5.92. The van der Waals surface area contributed by atoms with Crippen molar-refractivity contribution in [1.82, 2.24) is 15.1 Å². The van der Waals surface area contributed by atoms with Crippen molar-refractivity contribution in [2.45, 2.75) is 13.5 Å². The van der Waals surface area contributed by atoms with Crippen molar-refractivity contribution in [3.8, 4) is 0 Å². The van der Waals surface area contributed by atoms with E-state index < -0.39 is 0 Å². The van der Waals surface area contributed by atoms with E-state index >= 15 is 0 Å². The summed E-state index contributed by atoms with van der Waals surface area (Å²) in [5.41, 5.74) is 3.01. The van der Waals surface area contributed by atoms with Gasteiger partial charge in [-0.05, 0) is 24.6 Å². The number of nitrogens with one attached hydrogen (secondary N) is 2. The van der Waals surface area contributed by atoms with Crippen molar-refractivity contribution in [2.24, 2.45) is 7.05 Å². The van der Waals surface area contributed by atoms with Crippen LogP contribution in [0.3, 0.4) is 0 Å². The van der Waals surface area contributed by atoms with Crippen molar-refractivity contribution >= 4 is 11.6 Å². The van der Waals surface area contributed by atoms with Crippen LogP contribution in [0.15, 0.2) is 36.7 Å². The van der Waals surface area contributed by atoms with Crippen LogP contribution in [0, 0.1) is 6.92 Å². The summed E-state index contributed by atoms with van der Waals surface area (Å²) in [4.78, 5) is 11.7. The van der Waals surface area contributed by atoms with Crippen LogP contribution in [0.5, 0.6) is 0 Å². The fourth-order valence-electron chi connectivity index (χ4n) is 1.81. The second-order valence-corrected chi connectivity index (χ2v) is 4.54. The molecule has 0 atom stereocenters. The molecule has 0 aliphatic rings. The minimum absolute atomic E-state index is 0.0468. The lowest BCUT2D eigenvalue weighted by Gasteiger charge is -2.06. The molecule has 1 amide bonds. The molecule has 100 valence electrons. The normalized spacial score (nSPS) is 10.4. The number of amides is 1. The number of anilines is 1. The van der Waals surface area contributed by atoms with Crippen molar-refractivity contribution in [2.75, 3.05) is 11.9 Å². The van der Waals surface area contributed by atoms with Crippen LogP contribution < -0.4 is 10.6 Å². The molecular weight excluding hydrogens is 240 g/mol. The summed E-state index contributed by atoms with van der Waals surface area (Å²) in [6.07, 6.45) is 3.71. The molecule has 1 aromatic carbocycles. The number of aromatic nitrogens is 2. The van der Waals surface area contributed by atoms with Crippen LogP contribution in [0.1, 0.15) is 11.1 Å². The minimum Gasteiger partial charge on any atom is -0.325 e. The topological polar surface area (TPSA) is 59.0 Å². The van der Waals surface area contributed by atoms with Gasteiger partial charge in [0, 0.05) is 31.0 Å². The highest BCUT2D eigenvalue weighted by Crippen LogP contribution is 2.08. The third kappa shape index (κ3) is 4.22. The first-order valence-corrected chi connectivity index (χ1v) is 6.18. The molecular formula is C14H18N4O. The molecule has 1 heterocycles. The van der Waals surface area contributed by atoms with E-state index in [0.29, 0.717) is 6.54 Å². The number of nitrogens with zero attached hydrogens (tertiary/aromatic N) is 2. The Morgan fingerprint density at radius 1 is 1.42 bits per heavy atom. The molecule has 0 fully saturated rings. The fourth-order valence-corrected chi connectivity index (χ4v) is 1.81. The van der Waals surface area contributed by atoms with Crippen LogP contribution in [0.4, 0.5) is 5.69 Å². The Bertz CT molecular complexity index is 562. The maximum absolute atomic E-state index is 11.7. The van der Waals surface area contributed by atoms with Gasteiger partial charge in [-0.15, -0.1) is 0 Å². The van der Waals surface area contributed by atoms with Gasteiger partial charge in [-0.3, -0.25) is 9.48 Å². The van der Waals surface area contributed by atoms with Crippen LogP contribution in [-0.4, -0.2) is 22.2 Å². The van der Waals surface area contributed by atoms with Crippen LogP contribution in [0.25, 0.3) is 0 Å². The maximum atomic E-state index is 11.7. The predicted molar refractivity (Wildman–Crippen MR) is 74.7 cm³/mol. The van der Waals surface area contributed by atoms with E-state index in [0.717, 1.165) is 16.8 Å². The van der Waals surface area contributed by atoms with Crippen LogP contribution >= 0.6 is 0 Å². The summed E-state index contributed by atoms with van der Waals surface area (Å²) >= 11 is 0. The summed E-state index contributed by atoms with van der Waals surface area (Å²) in [7, 11) is 1.87. The summed E-state index contributed by atoms with van der Waals surface area (Å²) in [6.45, 7) is 2.91. The summed E-state index contributed by atoms with van der Waals surface area (Å²) < 4.78 is 1.74. The fraction of sp³-hybridized carbons (Fsp3) is 0.286. The number of carbonyl (C=O) groups excluding carboxylic acids is 1. The average molecular weight is 258 g/mol. The lowest BCUT2D eigenvalue weighted by Crippen LogP contribution is -2.27. The quantitative estimate of drug-likeness (QED) is 0.853. The van der Waals surface area contributed by atoms with Crippen molar-refractivity contribution < 1.29 is 4.79 Å². The van der Waals surface area contributed by atoms with Gasteiger partial charge in [0.15, 0.2) is 0 Å². The van der Waals surface area contributed by atoms with E-state index in [9.17, 15) is 4.79 Å². The highest BCUT2D eigenvalue weighted by Gasteiger charge is 2.02. The average Bonchev–Trinajstić information content (AvgIpc) is 2.75. The van der Waals surface area contributed by atoms with E-state index in [1.165, 1.54) is 0 Å². The van der Waals surface area contributed by atoms with Gasteiger partial charge in [0.2, 0.25) is 5.91 Å². The molecule has 2 aromatic rings. The standard InChI is InChI=1S/C14H18N4O/c1-11-4-3-5-13(6-11)17-14(19)9-15-7-12-8-16-18(2)10-12/h3-6,8,10,15H,7,9H2,1-2H3,(H,17,19). The summed E-state index contributed by atoms with van der Waals surface area (Å²) in [6, 6.07) is 7.75. The summed E-state index contributed by atoms with van der Waals surface area (Å²) in [5, 5.41) is 10.0. The number of hydrogen-bond acceptors (Lipinski definition) is 3. The molecule has 2 rings (SSSR count). The first kappa shape index (κ1) is 13.3. The lowest BCUT2D eigenvalue weighted by atomic mass is 10.2. The number of carbonyl (C=O) groups is 1. The Labute approximate surface area is 112 Å². The summed E-state index contributed by atoms with van der Waals surface area (Å²) in [5.74, 6) is -0.0468. The Hall–Kier alpha value is -2.14. The number of benzene rings is 1. The molecule has 0 saturated heterocycles. The number of rotatable bonds is 5. The Morgan fingerprint density at radius 2 is 2.26 bits per heavy atom. The molecule has 0 spiro atoms. The Morgan fingerprint density at radius 3 is 2.95 bits per heavy atom. The Kier molecular flexibility index (Phi) is 4.30. The van der Waals surface area contributed by atoms with Crippen molar-refractivity contribution in [1.29, 1.82) is 0 Å². The molecule has 0 unspecified atom stereocenters. The van der Waals surface area contributed by atoms with Crippen LogP contribution in [0.2, 0.25) is 0 Å². The first-order valence-electron chi connectivity index (χ1n) is 6.18. The largest absolute Gasteiger partial charge is 0.325 e. The van der Waals surface area contributed by atoms with Crippen molar-refractivity contribution in [3.05, 3.63) is 47.8 Å². The van der Waals surface area contributed by atoms with E-state index in [1.807, 2.05) is 44.4 Å². The van der Waals surface area contributed by atoms with Gasteiger partial charge >= 0.3 is 0 Å². The maximum Gasteiger partial charge on any atom is 0.238 e. The van der Waals surface area contributed by atoms with Gasteiger partial charge in [0.1, 0.15) is 0 Å². The number of hydrogen-bond donors (Lipinski definition) is 2. The molecule has 0 bridgehead atoms. The molecule has 19 heavy (non-hydrogen) atoms.